The van der Waals surface area contributed by atoms with Gasteiger partial charge in [-0.1, -0.05) is 15.9 Å². The van der Waals surface area contributed by atoms with Crippen molar-refractivity contribution >= 4 is 21.8 Å². The Hall–Kier alpha value is -1.54. The van der Waals surface area contributed by atoms with Gasteiger partial charge in [0, 0.05) is 23.5 Å². The van der Waals surface area contributed by atoms with E-state index in [1.54, 1.807) is 4.90 Å². The first-order valence-electron chi connectivity index (χ1n) is 6.25. The standard InChI is InChI=1S/C14H15BrN2O2/c15-12-1-3-13(4-2-12)19-10-14(18)17-7-5-11(9-16)6-8-17/h1-4,11H,5-8,10H2. The number of benzene rings is 1. The van der Waals surface area contributed by atoms with Crippen LogP contribution in [-0.4, -0.2) is 30.5 Å². The number of halogens is 1. The Labute approximate surface area is 121 Å². The fraction of sp³-hybridized carbons (Fsp3) is 0.429. The van der Waals surface area contributed by atoms with E-state index in [4.69, 9.17) is 10.00 Å². The van der Waals surface area contributed by atoms with Gasteiger partial charge in [0.2, 0.25) is 0 Å². The van der Waals surface area contributed by atoms with Crippen LogP contribution in [0.5, 0.6) is 5.75 Å². The summed E-state index contributed by atoms with van der Waals surface area (Å²) in [5.41, 5.74) is 0. The number of likely N-dealkylation sites (tertiary alicyclic amines) is 1. The predicted molar refractivity (Wildman–Crippen MR) is 74.6 cm³/mol. The summed E-state index contributed by atoms with van der Waals surface area (Å²) in [5.74, 6) is 0.763. The summed E-state index contributed by atoms with van der Waals surface area (Å²) in [7, 11) is 0. The molecular formula is C14H15BrN2O2. The lowest BCUT2D eigenvalue weighted by atomic mass is 9.99. The van der Waals surface area contributed by atoms with E-state index in [0.717, 1.165) is 17.3 Å². The van der Waals surface area contributed by atoms with Crippen molar-refractivity contribution in [3.05, 3.63) is 28.7 Å². The van der Waals surface area contributed by atoms with E-state index in [1.165, 1.54) is 0 Å². The maximum atomic E-state index is 11.9. The van der Waals surface area contributed by atoms with Gasteiger partial charge in [-0.2, -0.15) is 5.26 Å². The molecule has 1 heterocycles. The second-order valence-corrected chi connectivity index (χ2v) is 5.44. The minimum atomic E-state index is -0.0145. The molecule has 0 bridgehead atoms. The van der Waals surface area contributed by atoms with E-state index in [-0.39, 0.29) is 18.4 Å². The Kier molecular flexibility index (Phi) is 4.80. The second-order valence-electron chi connectivity index (χ2n) is 4.53. The molecule has 0 aliphatic carbocycles. The fourth-order valence-corrected chi connectivity index (χ4v) is 2.29. The molecule has 0 aromatic heterocycles. The highest BCUT2D eigenvalue weighted by Crippen LogP contribution is 2.18. The number of carbonyl (C=O) groups excluding carboxylic acids is 1. The molecule has 1 aliphatic rings. The third-order valence-electron chi connectivity index (χ3n) is 3.21. The van der Waals surface area contributed by atoms with Crippen molar-refractivity contribution in [1.82, 2.24) is 4.90 Å². The summed E-state index contributed by atoms with van der Waals surface area (Å²) in [5, 5.41) is 8.81. The lowest BCUT2D eigenvalue weighted by Crippen LogP contribution is -2.40. The lowest BCUT2D eigenvalue weighted by molar-refractivity contribution is -0.134. The predicted octanol–water partition coefficient (Wildman–Crippen LogP) is 2.59. The number of piperidine rings is 1. The van der Waals surface area contributed by atoms with Gasteiger partial charge in [-0.05, 0) is 37.1 Å². The van der Waals surface area contributed by atoms with Crippen LogP contribution in [0.1, 0.15) is 12.8 Å². The Morgan fingerprint density at radius 3 is 2.58 bits per heavy atom. The van der Waals surface area contributed by atoms with Crippen molar-refractivity contribution in [3.63, 3.8) is 0 Å². The number of nitrogens with zero attached hydrogens (tertiary/aromatic N) is 2. The third-order valence-corrected chi connectivity index (χ3v) is 3.73. The Morgan fingerprint density at radius 1 is 1.37 bits per heavy atom. The zero-order chi connectivity index (χ0) is 13.7. The van der Waals surface area contributed by atoms with Gasteiger partial charge >= 0.3 is 0 Å². The van der Waals surface area contributed by atoms with Crippen molar-refractivity contribution in [2.45, 2.75) is 12.8 Å². The van der Waals surface area contributed by atoms with Gasteiger partial charge in [-0.3, -0.25) is 4.79 Å². The summed E-state index contributed by atoms with van der Waals surface area (Å²) in [4.78, 5) is 13.7. The normalized spacial score (nSPS) is 15.9. The molecule has 0 saturated carbocycles. The lowest BCUT2D eigenvalue weighted by Gasteiger charge is -2.29. The van der Waals surface area contributed by atoms with E-state index in [9.17, 15) is 4.79 Å². The van der Waals surface area contributed by atoms with E-state index >= 15 is 0 Å². The number of hydrogen-bond donors (Lipinski definition) is 0. The number of ether oxygens (including phenoxy) is 1. The quantitative estimate of drug-likeness (QED) is 0.859. The highest BCUT2D eigenvalue weighted by molar-refractivity contribution is 9.10. The number of carbonyl (C=O) groups is 1. The summed E-state index contributed by atoms with van der Waals surface area (Å²) in [6.07, 6.45) is 1.53. The van der Waals surface area contributed by atoms with Crippen LogP contribution in [-0.2, 0) is 4.79 Å². The molecule has 2 rings (SSSR count). The second kappa shape index (κ2) is 6.58. The monoisotopic (exact) mass is 322 g/mol. The summed E-state index contributed by atoms with van der Waals surface area (Å²) in [6, 6.07) is 9.64. The van der Waals surface area contributed by atoms with Crippen LogP contribution in [0, 0.1) is 17.2 Å². The highest BCUT2D eigenvalue weighted by Gasteiger charge is 2.22. The van der Waals surface area contributed by atoms with Gasteiger partial charge < -0.3 is 9.64 Å². The molecule has 100 valence electrons. The zero-order valence-corrected chi connectivity index (χ0v) is 12.1. The molecule has 0 radical (unpaired) electrons. The molecule has 1 amide bonds. The van der Waals surface area contributed by atoms with Gasteiger partial charge in [-0.15, -0.1) is 0 Å². The summed E-state index contributed by atoms with van der Waals surface area (Å²) in [6.45, 7) is 1.36. The largest absolute Gasteiger partial charge is 0.484 e. The molecule has 1 aliphatic heterocycles. The van der Waals surface area contributed by atoms with Crippen LogP contribution in [0.15, 0.2) is 28.7 Å². The highest BCUT2D eigenvalue weighted by atomic mass is 79.9. The molecule has 1 aromatic carbocycles. The smallest absolute Gasteiger partial charge is 0.260 e. The topological polar surface area (TPSA) is 53.3 Å². The number of nitriles is 1. The van der Waals surface area contributed by atoms with Crippen LogP contribution < -0.4 is 4.74 Å². The molecule has 1 aromatic rings. The molecule has 1 saturated heterocycles. The van der Waals surface area contributed by atoms with Crippen molar-refractivity contribution in [3.8, 4) is 11.8 Å². The third kappa shape index (κ3) is 3.97. The molecular weight excluding hydrogens is 308 g/mol. The average Bonchev–Trinajstić information content (AvgIpc) is 2.46. The minimum absolute atomic E-state index is 0.0145. The Bertz CT molecular complexity index is 473. The molecule has 4 nitrogen and oxygen atoms in total. The van der Waals surface area contributed by atoms with Gasteiger partial charge in [-0.25, -0.2) is 0 Å². The van der Waals surface area contributed by atoms with Crippen LogP contribution in [0.25, 0.3) is 0 Å². The average molecular weight is 323 g/mol. The van der Waals surface area contributed by atoms with E-state index in [1.807, 2.05) is 24.3 Å². The number of hydrogen-bond acceptors (Lipinski definition) is 3. The fourth-order valence-electron chi connectivity index (χ4n) is 2.03. The molecule has 0 spiro atoms. The maximum Gasteiger partial charge on any atom is 0.260 e. The summed E-state index contributed by atoms with van der Waals surface area (Å²) < 4.78 is 6.43. The Balaban J connectivity index is 1.79. The van der Waals surface area contributed by atoms with Gasteiger partial charge in [0.05, 0.1) is 6.07 Å². The van der Waals surface area contributed by atoms with Crippen molar-refractivity contribution in [2.24, 2.45) is 5.92 Å². The first kappa shape index (κ1) is 13.9. The van der Waals surface area contributed by atoms with Crippen molar-refractivity contribution in [1.29, 1.82) is 5.26 Å². The van der Waals surface area contributed by atoms with Gasteiger partial charge in [0.25, 0.3) is 5.91 Å². The number of rotatable bonds is 3. The van der Waals surface area contributed by atoms with Gasteiger partial charge in [0.1, 0.15) is 5.75 Å². The molecule has 0 N–H and O–H groups in total. The van der Waals surface area contributed by atoms with E-state index < -0.39 is 0 Å². The molecule has 1 fully saturated rings. The van der Waals surface area contributed by atoms with Crippen molar-refractivity contribution < 1.29 is 9.53 Å². The van der Waals surface area contributed by atoms with E-state index in [0.29, 0.717) is 18.8 Å². The summed E-state index contributed by atoms with van der Waals surface area (Å²) >= 11 is 3.34. The van der Waals surface area contributed by atoms with Crippen LogP contribution >= 0.6 is 15.9 Å². The van der Waals surface area contributed by atoms with Gasteiger partial charge in [0.15, 0.2) is 6.61 Å². The molecule has 5 heteroatoms. The van der Waals surface area contributed by atoms with Crippen molar-refractivity contribution in [2.75, 3.05) is 19.7 Å². The maximum absolute atomic E-state index is 11.9. The molecule has 19 heavy (non-hydrogen) atoms. The van der Waals surface area contributed by atoms with Crippen LogP contribution in [0.4, 0.5) is 0 Å². The minimum Gasteiger partial charge on any atom is -0.484 e. The zero-order valence-electron chi connectivity index (χ0n) is 10.5. The first-order valence-corrected chi connectivity index (χ1v) is 7.04. The molecule has 0 atom stereocenters. The molecule has 0 unspecified atom stereocenters. The van der Waals surface area contributed by atoms with E-state index in [2.05, 4.69) is 22.0 Å². The SMILES string of the molecule is N#CC1CCN(C(=O)COc2ccc(Br)cc2)CC1. The Morgan fingerprint density at radius 2 is 2.00 bits per heavy atom. The van der Waals surface area contributed by atoms with Crippen LogP contribution in [0.2, 0.25) is 0 Å². The first-order chi connectivity index (χ1) is 9.19. The van der Waals surface area contributed by atoms with Crippen LogP contribution in [0.3, 0.4) is 0 Å². The number of amides is 1.